The van der Waals surface area contributed by atoms with Gasteiger partial charge in [0.2, 0.25) is 5.91 Å². The number of nitrogens with zero attached hydrogens (tertiary/aromatic N) is 4. The Morgan fingerprint density at radius 3 is 2.64 bits per heavy atom. The molecule has 0 bridgehead atoms. The summed E-state index contributed by atoms with van der Waals surface area (Å²) in [6.07, 6.45) is -0.691. The molecule has 0 saturated carbocycles. The van der Waals surface area contributed by atoms with Crippen LogP contribution < -0.4 is 0 Å². The summed E-state index contributed by atoms with van der Waals surface area (Å²) >= 11 is 0. The lowest BCUT2D eigenvalue weighted by molar-refractivity contribution is -0.137. The zero-order valence-corrected chi connectivity index (χ0v) is 14.9. The number of rotatable bonds is 3. The van der Waals surface area contributed by atoms with E-state index in [0.29, 0.717) is 29.8 Å². The summed E-state index contributed by atoms with van der Waals surface area (Å²) in [6.45, 7) is 4.64. The van der Waals surface area contributed by atoms with Crippen LogP contribution >= 0.6 is 0 Å². The minimum Gasteiger partial charge on any atom is -0.338 e. The van der Waals surface area contributed by atoms with Gasteiger partial charge in [-0.3, -0.25) is 9.78 Å². The molecule has 1 aliphatic rings. The number of alkyl halides is 3. The van der Waals surface area contributed by atoms with Crippen LogP contribution in [0.25, 0.3) is 16.7 Å². The third kappa shape index (κ3) is 3.15. The molecule has 1 amide bonds. The van der Waals surface area contributed by atoms with Gasteiger partial charge < -0.3 is 4.90 Å². The fourth-order valence-electron chi connectivity index (χ4n) is 3.55. The van der Waals surface area contributed by atoms with E-state index in [9.17, 15) is 18.0 Å². The first-order valence-electron chi connectivity index (χ1n) is 8.81. The Kier molecular flexibility index (Phi) is 4.41. The van der Waals surface area contributed by atoms with Gasteiger partial charge in [-0.05, 0) is 48.9 Å². The van der Waals surface area contributed by atoms with Crippen LogP contribution in [0.2, 0.25) is 0 Å². The van der Waals surface area contributed by atoms with Gasteiger partial charge in [0.1, 0.15) is 5.52 Å². The Balaban J connectivity index is 1.73. The van der Waals surface area contributed by atoms with Crippen LogP contribution in [0.4, 0.5) is 13.2 Å². The van der Waals surface area contributed by atoms with Crippen molar-refractivity contribution in [2.45, 2.75) is 18.5 Å². The lowest BCUT2D eigenvalue weighted by Gasteiger charge is -2.13. The van der Waals surface area contributed by atoms with E-state index in [0.717, 1.165) is 24.2 Å². The molecule has 4 rings (SSSR count). The number of pyridine rings is 1. The van der Waals surface area contributed by atoms with Gasteiger partial charge in [-0.15, -0.1) is 0 Å². The number of carbonyl (C=O) groups excluding carboxylic acids is 1. The summed E-state index contributed by atoms with van der Waals surface area (Å²) in [7, 11) is 0. The van der Waals surface area contributed by atoms with Crippen molar-refractivity contribution >= 4 is 16.9 Å². The molecule has 1 atom stereocenters. The minimum atomic E-state index is -4.39. The highest BCUT2D eigenvalue weighted by Crippen LogP contribution is 2.33. The van der Waals surface area contributed by atoms with Crippen LogP contribution in [0.15, 0.2) is 55.3 Å². The number of aromatic nitrogens is 3. The monoisotopic (exact) mass is 386 g/mol. The quantitative estimate of drug-likeness (QED) is 0.641. The first-order chi connectivity index (χ1) is 13.4. The molecule has 1 aromatic carbocycles. The van der Waals surface area contributed by atoms with Gasteiger partial charge in [0.05, 0.1) is 22.5 Å². The van der Waals surface area contributed by atoms with E-state index >= 15 is 0 Å². The highest BCUT2D eigenvalue weighted by molar-refractivity contribution is 5.87. The summed E-state index contributed by atoms with van der Waals surface area (Å²) in [5.74, 6) is -0.112. The molecule has 3 aromatic rings. The Morgan fingerprint density at radius 2 is 1.96 bits per heavy atom. The molecule has 0 aliphatic carbocycles. The van der Waals surface area contributed by atoms with Gasteiger partial charge in [-0.2, -0.15) is 18.3 Å². The molecule has 3 heterocycles. The van der Waals surface area contributed by atoms with Crippen molar-refractivity contribution in [2.24, 2.45) is 0 Å². The van der Waals surface area contributed by atoms with Crippen LogP contribution in [0.5, 0.6) is 0 Å². The van der Waals surface area contributed by atoms with E-state index in [1.807, 2.05) is 6.07 Å². The smallest absolute Gasteiger partial charge is 0.338 e. The zero-order chi connectivity index (χ0) is 19.9. The van der Waals surface area contributed by atoms with E-state index in [2.05, 4.69) is 16.7 Å². The van der Waals surface area contributed by atoms with E-state index in [1.54, 1.807) is 21.8 Å². The molecule has 1 fully saturated rings. The molecule has 28 heavy (non-hydrogen) atoms. The fraction of sp³-hybridized carbons (Fsp3) is 0.250. The second-order valence-corrected chi connectivity index (χ2v) is 6.69. The third-order valence-electron chi connectivity index (χ3n) is 4.97. The number of benzene rings is 1. The van der Waals surface area contributed by atoms with E-state index in [1.165, 1.54) is 18.2 Å². The van der Waals surface area contributed by atoms with Crippen LogP contribution in [0, 0.1) is 0 Å². The number of amides is 1. The van der Waals surface area contributed by atoms with Gasteiger partial charge in [0.25, 0.3) is 0 Å². The Morgan fingerprint density at radius 1 is 1.21 bits per heavy atom. The molecule has 1 unspecified atom stereocenters. The van der Waals surface area contributed by atoms with Crippen LogP contribution in [-0.4, -0.2) is 38.7 Å². The second-order valence-electron chi connectivity index (χ2n) is 6.69. The molecule has 8 heteroatoms. The molecule has 0 spiro atoms. The van der Waals surface area contributed by atoms with Gasteiger partial charge in [-0.25, -0.2) is 4.68 Å². The molecule has 5 nitrogen and oxygen atoms in total. The minimum absolute atomic E-state index is 0.0111. The predicted octanol–water partition coefficient (Wildman–Crippen LogP) is 3.94. The molecule has 2 aromatic heterocycles. The van der Waals surface area contributed by atoms with Crippen molar-refractivity contribution in [1.82, 2.24) is 19.7 Å². The van der Waals surface area contributed by atoms with Crippen molar-refractivity contribution < 1.29 is 18.0 Å². The summed E-state index contributed by atoms with van der Waals surface area (Å²) in [4.78, 5) is 18.0. The summed E-state index contributed by atoms with van der Waals surface area (Å²) < 4.78 is 40.1. The van der Waals surface area contributed by atoms with Crippen LogP contribution in [-0.2, 0) is 11.0 Å². The second kappa shape index (κ2) is 6.78. The highest BCUT2D eigenvalue weighted by atomic mass is 19.4. The molecule has 144 valence electrons. The number of carbonyl (C=O) groups is 1. The Bertz CT molecular complexity index is 1040. The Labute approximate surface area is 159 Å². The maximum Gasteiger partial charge on any atom is 0.416 e. The number of halogens is 3. The molecule has 1 aliphatic heterocycles. The van der Waals surface area contributed by atoms with Crippen molar-refractivity contribution in [3.8, 4) is 5.69 Å². The molecular formula is C20H17F3N4O. The van der Waals surface area contributed by atoms with Gasteiger partial charge >= 0.3 is 6.18 Å². The van der Waals surface area contributed by atoms with E-state index in [4.69, 9.17) is 0 Å². The van der Waals surface area contributed by atoms with Crippen molar-refractivity contribution in [2.75, 3.05) is 13.1 Å². The number of likely N-dealkylation sites (tertiary alicyclic amines) is 1. The van der Waals surface area contributed by atoms with Crippen LogP contribution in [0.1, 0.15) is 23.6 Å². The molecule has 0 N–H and O–H groups in total. The third-order valence-corrected chi connectivity index (χ3v) is 4.97. The lowest BCUT2D eigenvalue weighted by Crippen LogP contribution is -2.26. The van der Waals surface area contributed by atoms with E-state index < -0.39 is 11.7 Å². The van der Waals surface area contributed by atoms with Crippen molar-refractivity contribution in [3.05, 3.63) is 66.5 Å². The first-order valence-corrected chi connectivity index (χ1v) is 8.81. The Hall–Kier alpha value is -3.16. The van der Waals surface area contributed by atoms with Crippen molar-refractivity contribution in [1.29, 1.82) is 0 Å². The largest absolute Gasteiger partial charge is 0.416 e. The maximum atomic E-state index is 12.8. The van der Waals surface area contributed by atoms with Gasteiger partial charge in [0, 0.05) is 25.2 Å². The summed E-state index contributed by atoms with van der Waals surface area (Å²) in [5, 5.41) is 4.66. The van der Waals surface area contributed by atoms with E-state index in [-0.39, 0.29) is 11.8 Å². The SMILES string of the molecule is C=CC(=O)N1CCC(c2nn(-c3ccc(C(F)(F)F)cc3)c3cccnc23)C1. The average molecular weight is 386 g/mol. The number of fused-ring (bicyclic) bond motifs is 1. The molecule has 1 saturated heterocycles. The zero-order valence-electron chi connectivity index (χ0n) is 14.9. The van der Waals surface area contributed by atoms with Gasteiger partial charge in [0.15, 0.2) is 0 Å². The number of hydrogen-bond donors (Lipinski definition) is 0. The predicted molar refractivity (Wildman–Crippen MR) is 98.0 cm³/mol. The standard InChI is InChI=1S/C20H17F3N4O/c1-2-17(28)26-11-9-13(12-26)18-19-16(4-3-10-24-19)27(25-18)15-7-5-14(6-8-15)20(21,22)23/h2-8,10,13H,1,9,11-12H2. The topological polar surface area (TPSA) is 51.0 Å². The molecular weight excluding hydrogens is 369 g/mol. The summed E-state index contributed by atoms with van der Waals surface area (Å²) in [6, 6.07) is 8.47. The fourth-order valence-corrected chi connectivity index (χ4v) is 3.55. The lowest BCUT2D eigenvalue weighted by atomic mass is 10.0. The number of hydrogen-bond acceptors (Lipinski definition) is 3. The maximum absolute atomic E-state index is 12.8. The first kappa shape index (κ1) is 18.2. The summed E-state index contributed by atoms with van der Waals surface area (Å²) in [5.41, 5.74) is 1.97. The van der Waals surface area contributed by atoms with Crippen LogP contribution in [0.3, 0.4) is 0 Å². The van der Waals surface area contributed by atoms with Crippen molar-refractivity contribution in [3.63, 3.8) is 0 Å². The highest BCUT2D eigenvalue weighted by Gasteiger charge is 2.32. The average Bonchev–Trinajstić information content (AvgIpc) is 3.32. The normalized spacial score (nSPS) is 17.2. The molecule has 0 radical (unpaired) electrons. The van der Waals surface area contributed by atoms with Gasteiger partial charge in [-0.1, -0.05) is 6.58 Å².